The Morgan fingerprint density at radius 2 is 2.10 bits per heavy atom. The molecule has 0 radical (unpaired) electrons. The number of carbonyl (C=O) groups excluding carboxylic acids is 2. The van der Waals surface area contributed by atoms with Crippen molar-refractivity contribution in [2.45, 2.75) is 43.7 Å². The molecule has 1 aromatic heterocycles. The quantitative estimate of drug-likeness (QED) is 0.787. The molecule has 7 nitrogen and oxygen atoms in total. The van der Waals surface area contributed by atoms with Gasteiger partial charge in [0.05, 0.1) is 23.2 Å². The van der Waals surface area contributed by atoms with Crippen molar-refractivity contribution in [3.63, 3.8) is 0 Å². The summed E-state index contributed by atoms with van der Waals surface area (Å²) in [4.78, 5) is 26.8. The molecule has 2 aliphatic heterocycles. The number of anilines is 1. The zero-order valence-electron chi connectivity index (χ0n) is 16.6. The number of hydrogen-bond donors (Lipinski definition) is 1. The first-order valence-corrected chi connectivity index (χ1v) is 11.1. The lowest BCUT2D eigenvalue weighted by molar-refractivity contribution is -0.125. The van der Waals surface area contributed by atoms with Crippen molar-refractivity contribution in [1.82, 2.24) is 15.1 Å². The topological polar surface area (TPSA) is 76.5 Å². The summed E-state index contributed by atoms with van der Waals surface area (Å²) in [6, 6.07) is 9.94. The fourth-order valence-electron chi connectivity index (χ4n) is 3.75. The summed E-state index contributed by atoms with van der Waals surface area (Å²) in [5, 5.41) is 8.54. The van der Waals surface area contributed by atoms with E-state index in [1.165, 1.54) is 0 Å². The van der Waals surface area contributed by atoms with Gasteiger partial charge in [-0.25, -0.2) is 4.68 Å². The molecule has 1 fully saturated rings. The molecule has 1 N–H and O–H groups in total. The standard InChI is InChI=1S/C21H26N4O3S/c1-15-20-21(25(23-15)16-6-3-2-4-7-16)29-13-11-24(20)19(27)10-9-18(26)22-14-17-8-5-12-28-17/h2-4,6-7,17H,5,8-14H2,1H3,(H,22,26)/t17-/m0/s1. The minimum atomic E-state index is -0.0999. The van der Waals surface area contributed by atoms with E-state index < -0.39 is 0 Å². The van der Waals surface area contributed by atoms with Crippen LogP contribution >= 0.6 is 11.8 Å². The van der Waals surface area contributed by atoms with Crippen molar-refractivity contribution in [1.29, 1.82) is 0 Å². The summed E-state index contributed by atoms with van der Waals surface area (Å²) in [5.74, 6) is 0.675. The van der Waals surface area contributed by atoms with Gasteiger partial charge >= 0.3 is 0 Å². The van der Waals surface area contributed by atoms with E-state index in [0.717, 1.165) is 47.3 Å². The molecule has 29 heavy (non-hydrogen) atoms. The maximum Gasteiger partial charge on any atom is 0.227 e. The van der Waals surface area contributed by atoms with Gasteiger partial charge in [0, 0.05) is 38.3 Å². The van der Waals surface area contributed by atoms with Crippen LogP contribution in [0.5, 0.6) is 0 Å². The van der Waals surface area contributed by atoms with Gasteiger partial charge < -0.3 is 15.0 Å². The molecule has 2 aliphatic rings. The summed E-state index contributed by atoms with van der Waals surface area (Å²) < 4.78 is 7.42. The summed E-state index contributed by atoms with van der Waals surface area (Å²) in [6.07, 6.45) is 2.53. The summed E-state index contributed by atoms with van der Waals surface area (Å²) in [6.45, 7) is 3.86. The fraction of sp³-hybridized carbons (Fsp3) is 0.476. The van der Waals surface area contributed by atoms with Crippen LogP contribution in [0.2, 0.25) is 0 Å². The molecule has 1 aromatic carbocycles. The zero-order chi connectivity index (χ0) is 20.2. The van der Waals surface area contributed by atoms with Crippen molar-refractivity contribution >= 4 is 29.3 Å². The van der Waals surface area contributed by atoms with Crippen molar-refractivity contribution in [3.8, 4) is 5.69 Å². The molecule has 0 spiro atoms. The molecule has 8 heteroatoms. The molecule has 0 unspecified atom stereocenters. The minimum Gasteiger partial charge on any atom is -0.376 e. The maximum atomic E-state index is 12.9. The third kappa shape index (κ3) is 4.48. The van der Waals surface area contributed by atoms with Crippen LogP contribution in [0, 0.1) is 6.92 Å². The van der Waals surface area contributed by atoms with Gasteiger partial charge in [-0.2, -0.15) is 5.10 Å². The van der Waals surface area contributed by atoms with Crippen molar-refractivity contribution < 1.29 is 14.3 Å². The number of aromatic nitrogens is 2. The van der Waals surface area contributed by atoms with Gasteiger partial charge in [0.2, 0.25) is 11.8 Å². The highest BCUT2D eigenvalue weighted by atomic mass is 32.2. The van der Waals surface area contributed by atoms with Crippen LogP contribution < -0.4 is 10.2 Å². The van der Waals surface area contributed by atoms with E-state index in [-0.39, 0.29) is 30.8 Å². The summed E-state index contributed by atoms with van der Waals surface area (Å²) in [5.41, 5.74) is 2.68. The molecule has 2 amide bonds. The predicted molar refractivity (Wildman–Crippen MR) is 113 cm³/mol. The molecular weight excluding hydrogens is 388 g/mol. The number of hydrogen-bond acceptors (Lipinski definition) is 5. The first kappa shape index (κ1) is 20.0. The van der Waals surface area contributed by atoms with Gasteiger partial charge in [-0.1, -0.05) is 18.2 Å². The molecule has 4 rings (SSSR count). The molecular formula is C21H26N4O3S. The number of ether oxygens (including phenoxy) is 1. The Hall–Kier alpha value is -2.32. The van der Waals surface area contributed by atoms with Crippen LogP contribution in [0.1, 0.15) is 31.4 Å². The zero-order valence-corrected chi connectivity index (χ0v) is 17.4. The Balaban J connectivity index is 1.40. The van der Waals surface area contributed by atoms with Gasteiger partial charge in [-0.3, -0.25) is 9.59 Å². The van der Waals surface area contributed by atoms with Gasteiger partial charge in [0.15, 0.2) is 0 Å². The average molecular weight is 415 g/mol. The molecule has 3 heterocycles. The number of fused-ring (bicyclic) bond motifs is 1. The number of para-hydroxylation sites is 1. The van der Waals surface area contributed by atoms with E-state index in [0.29, 0.717) is 13.1 Å². The summed E-state index contributed by atoms with van der Waals surface area (Å²) >= 11 is 1.71. The Labute approximate surface area is 174 Å². The average Bonchev–Trinajstić information content (AvgIpc) is 3.39. The van der Waals surface area contributed by atoms with Gasteiger partial charge in [-0.15, -0.1) is 11.8 Å². The van der Waals surface area contributed by atoms with Gasteiger partial charge in [0.1, 0.15) is 5.03 Å². The predicted octanol–water partition coefficient (Wildman–Crippen LogP) is 2.69. The molecule has 1 atom stereocenters. The second-order valence-corrected chi connectivity index (χ2v) is 8.40. The number of aryl methyl sites for hydroxylation is 1. The Morgan fingerprint density at radius 1 is 1.28 bits per heavy atom. The lowest BCUT2D eigenvalue weighted by Gasteiger charge is -2.27. The van der Waals surface area contributed by atoms with Crippen molar-refractivity contribution in [2.75, 3.05) is 30.3 Å². The van der Waals surface area contributed by atoms with E-state index in [4.69, 9.17) is 4.74 Å². The van der Waals surface area contributed by atoms with Crippen LogP contribution in [0.15, 0.2) is 35.4 Å². The Morgan fingerprint density at radius 3 is 2.86 bits per heavy atom. The lowest BCUT2D eigenvalue weighted by atomic mass is 10.2. The number of amides is 2. The molecule has 1 saturated heterocycles. The lowest BCUT2D eigenvalue weighted by Crippen LogP contribution is -2.37. The number of carbonyl (C=O) groups is 2. The van der Waals surface area contributed by atoms with Crippen LogP contribution in [-0.4, -0.2) is 53.1 Å². The Kier molecular flexibility index (Phi) is 6.20. The first-order valence-electron chi connectivity index (χ1n) is 10.1. The number of rotatable bonds is 6. The Bertz CT molecular complexity index is 878. The van der Waals surface area contributed by atoms with E-state index in [9.17, 15) is 9.59 Å². The largest absolute Gasteiger partial charge is 0.376 e. The van der Waals surface area contributed by atoms with Crippen molar-refractivity contribution in [2.24, 2.45) is 0 Å². The maximum absolute atomic E-state index is 12.9. The monoisotopic (exact) mass is 414 g/mol. The SMILES string of the molecule is Cc1nn(-c2ccccc2)c2c1N(C(=O)CCC(=O)NC[C@@H]1CCCO1)CCS2. The highest BCUT2D eigenvalue weighted by Gasteiger charge is 2.30. The number of benzene rings is 1. The molecule has 154 valence electrons. The van der Waals surface area contributed by atoms with E-state index in [1.54, 1.807) is 16.7 Å². The number of nitrogens with zero attached hydrogens (tertiary/aromatic N) is 3. The fourth-order valence-corrected chi connectivity index (χ4v) is 4.88. The van der Waals surface area contributed by atoms with E-state index in [1.807, 2.05) is 41.9 Å². The number of nitrogens with one attached hydrogen (secondary N) is 1. The highest BCUT2D eigenvalue weighted by Crippen LogP contribution is 2.39. The molecule has 2 aromatic rings. The van der Waals surface area contributed by atoms with Crippen LogP contribution in [0.3, 0.4) is 0 Å². The van der Waals surface area contributed by atoms with Crippen LogP contribution in [-0.2, 0) is 14.3 Å². The highest BCUT2D eigenvalue weighted by molar-refractivity contribution is 7.99. The summed E-state index contributed by atoms with van der Waals surface area (Å²) in [7, 11) is 0. The molecule has 0 bridgehead atoms. The smallest absolute Gasteiger partial charge is 0.227 e. The third-order valence-electron chi connectivity index (χ3n) is 5.23. The third-order valence-corrected chi connectivity index (χ3v) is 6.26. The van der Waals surface area contributed by atoms with Crippen LogP contribution in [0.25, 0.3) is 5.69 Å². The second-order valence-electron chi connectivity index (χ2n) is 7.32. The van der Waals surface area contributed by atoms with Crippen molar-refractivity contribution in [3.05, 3.63) is 36.0 Å². The van der Waals surface area contributed by atoms with E-state index >= 15 is 0 Å². The second kappa shape index (κ2) is 9.00. The number of thioether (sulfide) groups is 1. The molecule has 0 saturated carbocycles. The first-order chi connectivity index (χ1) is 14.1. The molecule has 0 aliphatic carbocycles. The van der Waals surface area contributed by atoms with Crippen LogP contribution in [0.4, 0.5) is 5.69 Å². The van der Waals surface area contributed by atoms with E-state index in [2.05, 4.69) is 10.4 Å². The minimum absolute atomic E-state index is 0.0328. The van der Waals surface area contributed by atoms with Gasteiger partial charge in [-0.05, 0) is 31.9 Å². The van der Waals surface area contributed by atoms with Gasteiger partial charge in [0.25, 0.3) is 0 Å². The normalized spacial score (nSPS) is 18.5.